The lowest BCUT2D eigenvalue weighted by molar-refractivity contribution is -0.150. The van der Waals surface area contributed by atoms with Crippen LogP contribution in [0, 0.1) is 0 Å². The highest BCUT2D eigenvalue weighted by Crippen LogP contribution is 2.24. The van der Waals surface area contributed by atoms with E-state index in [1.807, 2.05) is 0 Å². The third kappa shape index (κ3) is 4.29. The number of hydrogen-bond acceptors (Lipinski definition) is 9. The minimum absolute atomic E-state index is 0.0252. The first-order valence-corrected chi connectivity index (χ1v) is 10.4. The van der Waals surface area contributed by atoms with E-state index in [9.17, 15) is 24.0 Å². The minimum atomic E-state index is -1.04. The lowest BCUT2D eigenvalue weighted by Crippen LogP contribution is -2.54. The van der Waals surface area contributed by atoms with Crippen molar-refractivity contribution in [2.45, 2.75) is 25.4 Å². The summed E-state index contributed by atoms with van der Waals surface area (Å²) in [7, 11) is 4.88. The first-order chi connectivity index (χ1) is 16.2. The predicted molar refractivity (Wildman–Crippen MR) is 115 cm³/mol. The summed E-state index contributed by atoms with van der Waals surface area (Å²) in [5.74, 6) is -2.10. The second-order valence-corrected chi connectivity index (χ2v) is 8.16. The van der Waals surface area contributed by atoms with Crippen LogP contribution < -0.4 is 5.32 Å². The first kappa shape index (κ1) is 22.8. The van der Waals surface area contributed by atoms with Crippen molar-refractivity contribution in [2.75, 3.05) is 21.1 Å². The molecule has 4 rings (SSSR count). The fourth-order valence-electron chi connectivity index (χ4n) is 3.74. The molecule has 1 aromatic carbocycles. The summed E-state index contributed by atoms with van der Waals surface area (Å²) in [6, 6.07) is 5.76. The minimum Gasteiger partial charge on any atom is -0.361 e. The zero-order valence-electron chi connectivity index (χ0n) is 18.8. The summed E-state index contributed by atoms with van der Waals surface area (Å²) < 4.78 is 5.29. The number of carbonyl (C=O) groups excluding carboxylic acids is 5. The zero-order chi connectivity index (χ0) is 24.6. The number of nitrogens with zero attached hydrogens (tertiary/aromatic N) is 5. The third-order valence-corrected chi connectivity index (χ3v) is 5.48. The molecule has 0 bridgehead atoms. The van der Waals surface area contributed by atoms with Gasteiger partial charge in [0.15, 0.2) is 0 Å². The molecule has 1 atom stereocenters. The average Bonchev–Trinajstić information content (AvgIpc) is 3.38. The SMILES string of the molecule is CN(C)C(=O)c1cccc(-c2noc(CN(C)C3=CC(=O)N(C4CCC(=O)NC4=O)C3=O)n2)c1. The highest BCUT2D eigenvalue weighted by atomic mass is 16.5. The van der Waals surface area contributed by atoms with Crippen molar-refractivity contribution in [3.05, 3.63) is 47.5 Å². The summed E-state index contributed by atoms with van der Waals surface area (Å²) in [6.07, 6.45) is 1.26. The molecular formula is C22H22N6O6. The van der Waals surface area contributed by atoms with Crippen LogP contribution in [0.25, 0.3) is 11.4 Å². The van der Waals surface area contributed by atoms with Crippen molar-refractivity contribution in [3.63, 3.8) is 0 Å². The Bertz CT molecular complexity index is 1230. The highest BCUT2D eigenvalue weighted by Gasteiger charge is 2.43. The summed E-state index contributed by atoms with van der Waals surface area (Å²) in [5.41, 5.74) is 1.12. The van der Waals surface area contributed by atoms with Gasteiger partial charge in [-0.1, -0.05) is 17.3 Å². The van der Waals surface area contributed by atoms with Crippen molar-refractivity contribution in [2.24, 2.45) is 0 Å². The molecule has 1 saturated heterocycles. The van der Waals surface area contributed by atoms with Crippen LogP contribution >= 0.6 is 0 Å². The van der Waals surface area contributed by atoms with Gasteiger partial charge < -0.3 is 14.3 Å². The van der Waals surface area contributed by atoms with E-state index in [0.717, 1.165) is 11.0 Å². The van der Waals surface area contributed by atoms with E-state index in [1.165, 1.54) is 9.80 Å². The van der Waals surface area contributed by atoms with E-state index in [4.69, 9.17) is 4.52 Å². The Balaban J connectivity index is 1.46. The van der Waals surface area contributed by atoms with Crippen LogP contribution in [0.5, 0.6) is 0 Å². The van der Waals surface area contributed by atoms with Gasteiger partial charge in [-0.15, -0.1) is 0 Å². The number of rotatable bonds is 6. The van der Waals surface area contributed by atoms with Gasteiger partial charge >= 0.3 is 0 Å². The molecule has 0 saturated carbocycles. The van der Waals surface area contributed by atoms with E-state index in [1.54, 1.807) is 45.4 Å². The van der Waals surface area contributed by atoms with Crippen molar-refractivity contribution in [1.29, 1.82) is 0 Å². The van der Waals surface area contributed by atoms with Gasteiger partial charge in [0, 0.05) is 44.8 Å². The molecule has 2 aliphatic heterocycles. The molecule has 1 unspecified atom stereocenters. The second-order valence-electron chi connectivity index (χ2n) is 8.16. The summed E-state index contributed by atoms with van der Waals surface area (Å²) in [5, 5.41) is 6.10. The Morgan fingerprint density at radius 3 is 2.68 bits per heavy atom. The summed E-state index contributed by atoms with van der Waals surface area (Å²) in [4.78, 5) is 69.2. The third-order valence-electron chi connectivity index (χ3n) is 5.48. The van der Waals surface area contributed by atoms with Crippen LogP contribution in [-0.4, -0.2) is 81.6 Å². The number of imide groups is 2. The lowest BCUT2D eigenvalue weighted by Gasteiger charge is -2.29. The Morgan fingerprint density at radius 1 is 1.21 bits per heavy atom. The van der Waals surface area contributed by atoms with Gasteiger partial charge in [-0.05, 0) is 18.6 Å². The van der Waals surface area contributed by atoms with Crippen molar-refractivity contribution in [1.82, 2.24) is 30.2 Å². The van der Waals surface area contributed by atoms with Crippen molar-refractivity contribution in [3.8, 4) is 11.4 Å². The molecule has 1 N–H and O–H groups in total. The van der Waals surface area contributed by atoms with E-state index in [2.05, 4.69) is 15.5 Å². The van der Waals surface area contributed by atoms with E-state index < -0.39 is 29.7 Å². The normalized spacial score (nSPS) is 18.1. The number of likely N-dealkylation sites (N-methyl/N-ethyl adjacent to an activating group) is 1. The van der Waals surface area contributed by atoms with Crippen LogP contribution in [0.1, 0.15) is 29.1 Å². The van der Waals surface area contributed by atoms with E-state index in [-0.39, 0.29) is 42.7 Å². The van der Waals surface area contributed by atoms with Crippen LogP contribution in [0.15, 0.2) is 40.6 Å². The molecule has 176 valence electrons. The standard InChI is InChI=1S/C22H22N6O6/c1-26(2)21(32)13-6-4-5-12(9-13)19-24-17(34-25-19)11-27(3)15-10-18(30)28(22(15)33)14-7-8-16(29)23-20(14)31/h4-6,9-10,14H,7-8,11H2,1-3H3,(H,23,29,31). The molecule has 12 heteroatoms. The number of carbonyl (C=O) groups is 5. The molecule has 2 aromatic rings. The highest BCUT2D eigenvalue weighted by molar-refractivity contribution is 6.18. The molecular weight excluding hydrogens is 444 g/mol. The van der Waals surface area contributed by atoms with Gasteiger partial charge in [-0.2, -0.15) is 4.98 Å². The van der Waals surface area contributed by atoms with Gasteiger partial charge in [0.05, 0.1) is 6.54 Å². The topological polar surface area (TPSA) is 146 Å². The maximum Gasteiger partial charge on any atom is 0.277 e. The molecule has 0 radical (unpaired) electrons. The summed E-state index contributed by atoms with van der Waals surface area (Å²) in [6.45, 7) is 0.0252. The Labute approximate surface area is 194 Å². The van der Waals surface area contributed by atoms with Crippen LogP contribution in [-0.2, 0) is 25.7 Å². The number of amides is 5. The summed E-state index contributed by atoms with van der Waals surface area (Å²) >= 11 is 0. The van der Waals surface area contributed by atoms with E-state index >= 15 is 0 Å². The van der Waals surface area contributed by atoms with Crippen molar-refractivity contribution < 1.29 is 28.5 Å². The molecule has 34 heavy (non-hydrogen) atoms. The average molecular weight is 466 g/mol. The predicted octanol–water partition coefficient (Wildman–Crippen LogP) is -0.0719. The Morgan fingerprint density at radius 2 is 1.97 bits per heavy atom. The van der Waals surface area contributed by atoms with Crippen LogP contribution in [0.3, 0.4) is 0 Å². The molecule has 3 heterocycles. The molecule has 0 aliphatic carbocycles. The van der Waals surface area contributed by atoms with Gasteiger partial charge in [0.25, 0.3) is 17.7 Å². The fraction of sp³-hybridized carbons (Fsp3) is 0.318. The second kappa shape index (κ2) is 8.89. The number of nitrogens with one attached hydrogen (secondary N) is 1. The molecule has 5 amide bonds. The maximum absolute atomic E-state index is 12.9. The smallest absolute Gasteiger partial charge is 0.277 e. The van der Waals surface area contributed by atoms with Gasteiger partial charge in [-0.3, -0.25) is 34.2 Å². The number of benzene rings is 1. The van der Waals surface area contributed by atoms with Gasteiger partial charge in [-0.25, -0.2) is 0 Å². The molecule has 1 aromatic heterocycles. The molecule has 12 nitrogen and oxygen atoms in total. The fourth-order valence-corrected chi connectivity index (χ4v) is 3.74. The molecule has 2 aliphatic rings. The van der Waals surface area contributed by atoms with Crippen molar-refractivity contribution >= 4 is 29.5 Å². The first-order valence-electron chi connectivity index (χ1n) is 10.4. The van der Waals surface area contributed by atoms with Crippen LogP contribution in [0.4, 0.5) is 0 Å². The number of piperidine rings is 1. The number of hydrogen-bond donors (Lipinski definition) is 1. The van der Waals surface area contributed by atoms with E-state index in [0.29, 0.717) is 11.1 Å². The largest absolute Gasteiger partial charge is 0.361 e. The zero-order valence-corrected chi connectivity index (χ0v) is 18.8. The molecule has 0 spiro atoms. The van der Waals surface area contributed by atoms with Gasteiger partial charge in [0.1, 0.15) is 11.7 Å². The Kier molecular flexibility index (Phi) is 5.97. The van der Waals surface area contributed by atoms with Gasteiger partial charge in [0.2, 0.25) is 23.5 Å². The number of aromatic nitrogens is 2. The van der Waals surface area contributed by atoms with Crippen LogP contribution in [0.2, 0.25) is 0 Å². The maximum atomic E-state index is 12.9. The quantitative estimate of drug-likeness (QED) is 0.578. The monoisotopic (exact) mass is 466 g/mol. The lowest BCUT2D eigenvalue weighted by atomic mass is 10.0. The molecule has 1 fully saturated rings. The Hall–Kier alpha value is -4.35.